The van der Waals surface area contributed by atoms with Gasteiger partial charge in [0.1, 0.15) is 33.1 Å². The van der Waals surface area contributed by atoms with Crippen LogP contribution in [-0.2, 0) is 20.2 Å². The minimum atomic E-state index is -4.89. The lowest BCUT2D eigenvalue weighted by Gasteiger charge is -2.08. The van der Waals surface area contributed by atoms with Crippen molar-refractivity contribution in [3.8, 4) is 17.2 Å². The summed E-state index contributed by atoms with van der Waals surface area (Å²) in [5.74, 6) is 0.368. The highest BCUT2D eigenvalue weighted by Gasteiger charge is 2.23. The van der Waals surface area contributed by atoms with E-state index in [2.05, 4.69) is 40.9 Å². The Balaban J connectivity index is 1.04. The van der Waals surface area contributed by atoms with Gasteiger partial charge < -0.3 is 9.84 Å². The third kappa shape index (κ3) is 8.11. The van der Waals surface area contributed by atoms with Crippen molar-refractivity contribution in [1.29, 1.82) is 0 Å². The SMILES string of the molecule is COc1cc(N=Nc2ccccc2C)c(C)cc1N=Nc1cc(C)c(N=Nc2ccc3cc(-n4nc5ccc6c(S(=O)(=O)O)cc(S(=O)(=O)O)cc6c5n4)ccc3c2O)cc1C. The van der Waals surface area contributed by atoms with Gasteiger partial charge in [-0.25, -0.2) is 0 Å². The zero-order valence-electron chi connectivity index (χ0n) is 33.5. The van der Waals surface area contributed by atoms with E-state index >= 15 is 0 Å². The van der Waals surface area contributed by atoms with Crippen LogP contribution in [0.3, 0.4) is 0 Å². The van der Waals surface area contributed by atoms with E-state index in [1.165, 1.54) is 16.9 Å². The normalized spacial score (nSPS) is 12.6. The molecule has 0 bridgehead atoms. The lowest BCUT2D eigenvalue weighted by Crippen LogP contribution is -2.04. The van der Waals surface area contributed by atoms with Crippen molar-refractivity contribution in [2.45, 2.75) is 37.5 Å². The van der Waals surface area contributed by atoms with Crippen LogP contribution in [0.4, 0.5) is 34.1 Å². The van der Waals surface area contributed by atoms with Crippen LogP contribution in [0.1, 0.15) is 22.3 Å². The summed E-state index contributed by atoms with van der Waals surface area (Å²) in [6.45, 7) is 7.63. The molecule has 0 aliphatic carbocycles. The number of methoxy groups -OCH3 is 1. The molecule has 0 saturated carbocycles. The number of rotatable bonds is 10. The number of hydrogen-bond donors (Lipinski definition) is 3. The second kappa shape index (κ2) is 15.9. The number of aryl methyl sites for hydroxylation is 4. The first kappa shape index (κ1) is 41.4. The molecule has 0 fully saturated rings. The van der Waals surface area contributed by atoms with Crippen molar-refractivity contribution < 1.29 is 35.8 Å². The van der Waals surface area contributed by atoms with E-state index in [0.717, 1.165) is 34.0 Å². The molecule has 1 aromatic heterocycles. The number of fused-ring (bicyclic) bond motifs is 4. The van der Waals surface area contributed by atoms with Crippen LogP contribution < -0.4 is 4.74 Å². The summed E-state index contributed by atoms with van der Waals surface area (Å²) in [6.07, 6.45) is 0. The van der Waals surface area contributed by atoms with Gasteiger partial charge >= 0.3 is 0 Å². The highest BCUT2D eigenvalue weighted by molar-refractivity contribution is 7.86. The number of phenolic OH excluding ortho intramolecular Hbond substituents is 1. The molecule has 0 atom stereocenters. The summed E-state index contributed by atoms with van der Waals surface area (Å²) in [5, 5.41) is 47.9. The van der Waals surface area contributed by atoms with Gasteiger partial charge in [0, 0.05) is 22.2 Å². The number of azo groups is 3. The predicted molar refractivity (Wildman–Crippen MR) is 233 cm³/mol. The van der Waals surface area contributed by atoms with E-state index in [4.69, 9.17) is 4.74 Å². The topological polar surface area (TPSA) is 243 Å². The largest absolute Gasteiger partial charge is 0.505 e. The van der Waals surface area contributed by atoms with Crippen molar-refractivity contribution in [3.63, 3.8) is 0 Å². The van der Waals surface area contributed by atoms with Crippen LogP contribution in [0.2, 0.25) is 0 Å². The number of ether oxygens (including phenoxy) is 1. The highest BCUT2D eigenvalue weighted by Crippen LogP contribution is 2.40. The molecular formula is C43H35N9O8S2. The Hall–Kier alpha value is -7.32. The Bertz CT molecular complexity index is 3480. The van der Waals surface area contributed by atoms with Crippen LogP contribution in [0.25, 0.3) is 38.3 Å². The minimum Gasteiger partial charge on any atom is -0.505 e. The van der Waals surface area contributed by atoms with E-state index < -0.39 is 30.0 Å². The maximum atomic E-state index is 12.2. The Morgan fingerprint density at radius 3 is 1.79 bits per heavy atom. The summed E-state index contributed by atoms with van der Waals surface area (Å²) in [7, 11) is -8.19. The second-order valence-electron chi connectivity index (χ2n) is 14.4. The monoisotopic (exact) mass is 869 g/mol. The van der Waals surface area contributed by atoms with E-state index in [1.807, 2.05) is 70.2 Å². The van der Waals surface area contributed by atoms with E-state index in [9.17, 15) is 31.0 Å². The van der Waals surface area contributed by atoms with Gasteiger partial charge in [0.2, 0.25) is 0 Å². The molecule has 0 spiro atoms. The van der Waals surface area contributed by atoms with E-state index in [-0.39, 0.29) is 33.2 Å². The van der Waals surface area contributed by atoms with Gasteiger partial charge in [0.05, 0.1) is 40.4 Å². The Morgan fingerprint density at radius 1 is 0.548 bits per heavy atom. The quantitative estimate of drug-likeness (QED) is 0.0866. The number of benzene rings is 7. The Kier molecular flexibility index (Phi) is 10.6. The summed E-state index contributed by atoms with van der Waals surface area (Å²) < 4.78 is 73.4. The summed E-state index contributed by atoms with van der Waals surface area (Å²) in [4.78, 5) is -0.205. The fraction of sp³-hybridized carbons (Fsp3) is 0.116. The molecule has 8 aromatic rings. The van der Waals surface area contributed by atoms with Crippen LogP contribution in [-0.4, -0.2) is 53.2 Å². The smallest absolute Gasteiger partial charge is 0.295 e. The number of phenols is 1. The molecular weight excluding hydrogens is 835 g/mol. The maximum absolute atomic E-state index is 12.2. The van der Waals surface area contributed by atoms with E-state index in [0.29, 0.717) is 51.0 Å². The maximum Gasteiger partial charge on any atom is 0.295 e. The minimum absolute atomic E-state index is 0.0189. The fourth-order valence-electron chi connectivity index (χ4n) is 6.74. The zero-order chi connectivity index (χ0) is 44.1. The van der Waals surface area contributed by atoms with Gasteiger partial charge in [0.15, 0.2) is 5.75 Å². The summed E-state index contributed by atoms with van der Waals surface area (Å²) in [5.41, 5.74) is 7.58. The molecule has 0 unspecified atom stereocenters. The first-order chi connectivity index (χ1) is 29.5. The lowest BCUT2D eigenvalue weighted by atomic mass is 10.1. The van der Waals surface area contributed by atoms with Crippen molar-refractivity contribution >= 4 is 86.9 Å². The molecule has 7 aromatic carbocycles. The Labute approximate surface area is 354 Å². The van der Waals surface area contributed by atoms with Gasteiger partial charge in [0.25, 0.3) is 20.2 Å². The van der Waals surface area contributed by atoms with E-state index in [1.54, 1.807) is 43.5 Å². The second-order valence-corrected chi connectivity index (χ2v) is 17.2. The van der Waals surface area contributed by atoms with Crippen molar-refractivity contribution in [1.82, 2.24) is 15.0 Å². The molecule has 17 nitrogen and oxygen atoms in total. The molecule has 62 heavy (non-hydrogen) atoms. The van der Waals surface area contributed by atoms with Gasteiger partial charge in [-0.1, -0.05) is 30.3 Å². The Morgan fingerprint density at radius 2 is 1.15 bits per heavy atom. The van der Waals surface area contributed by atoms with Gasteiger partial charge in [-0.05, 0) is 122 Å². The summed E-state index contributed by atoms with van der Waals surface area (Å²) in [6, 6.07) is 27.9. The van der Waals surface area contributed by atoms with Crippen LogP contribution in [0, 0.1) is 27.7 Å². The lowest BCUT2D eigenvalue weighted by molar-refractivity contribution is 0.416. The first-order valence-electron chi connectivity index (χ1n) is 18.6. The van der Waals surface area contributed by atoms with Crippen molar-refractivity contribution in [3.05, 3.63) is 125 Å². The average molecular weight is 870 g/mol. The zero-order valence-corrected chi connectivity index (χ0v) is 35.2. The molecule has 1 heterocycles. The molecule has 19 heteroatoms. The fourth-order valence-corrected chi connectivity index (χ4v) is 8.08. The van der Waals surface area contributed by atoms with Gasteiger partial charge in [-0.3, -0.25) is 9.11 Å². The van der Waals surface area contributed by atoms with Gasteiger partial charge in [-0.15, -0.1) is 20.4 Å². The number of aromatic nitrogens is 3. The predicted octanol–water partition coefficient (Wildman–Crippen LogP) is 11.4. The molecule has 312 valence electrons. The molecule has 3 N–H and O–H groups in total. The molecule has 0 radical (unpaired) electrons. The van der Waals surface area contributed by atoms with Crippen LogP contribution >= 0.6 is 0 Å². The molecule has 0 aliphatic heterocycles. The van der Waals surface area contributed by atoms with Crippen molar-refractivity contribution in [2.24, 2.45) is 30.7 Å². The third-order valence-electron chi connectivity index (χ3n) is 10.1. The number of hydrogen-bond acceptors (Lipinski definition) is 14. The summed E-state index contributed by atoms with van der Waals surface area (Å²) >= 11 is 0. The average Bonchev–Trinajstić information content (AvgIpc) is 3.68. The molecule has 0 saturated heterocycles. The molecule has 0 amide bonds. The molecule has 8 rings (SSSR count). The third-order valence-corrected chi connectivity index (χ3v) is 11.8. The number of nitrogens with zero attached hydrogens (tertiary/aromatic N) is 9. The molecule has 0 aliphatic rings. The number of aromatic hydroxyl groups is 1. The standard InChI is InChI=1S/C43H35N9O8S2/c1-23-8-6-7-9-33(23)44-48-38-22-40(60-5)39(18-26(38)4)49-47-37-17-24(2)36(16-25(37)3)46-45-35-14-10-27-19-28(11-12-30(27)43(35)53)52-50-34-15-13-31-32(42(34)51-52)20-29(61(54,55)56)21-41(31)62(57,58)59/h6-22,53H,1-5H3,(H,54,55,56)(H,57,58,59). The first-order valence-corrected chi connectivity index (χ1v) is 21.5. The van der Waals surface area contributed by atoms with Crippen molar-refractivity contribution in [2.75, 3.05) is 7.11 Å². The van der Waals surface area contributed by atoms with Crippen LogP contribution in [0.15, 0.2) is 144 Å². The van der Waals surface area contributed by atoms with Crippen LogP contribution in [0.5, 0.6) is 11.5 Å². The highest BCUT2D eigenvalue weighted by atomic mass is 32.2. The van der Waals surface area contributed by atoms with Gasteiger partial charge in [-0.2, -0.15) is 42.1 Å².